The molecular formula is C23H22N4O4. The Morgan fingerprint density at radius 3 is 2.65 bits per heavy atom. The first-order valence-electron chi connectivity index (χ1n) is 10.1. The Kier molecular flexibility index (Phi) is 4.62. The number of nitrogens with one attached hydrogen (secondary N) is 2. The van der Waals surface area contributed by atoms with Crippen LogP contribution in [-0.4, -0.2) is 40.9 Å². The van der Waals surface area contributed by atoms with Crippen molar-refractivity contribution < 1.29 is 19.1 Å². The summed E-state index contributed by atoms with van der Waals surface area (Å²) < 4.78 is 13.1. The van der Waals surface area contributed by atoms with Gasteiger partial charge in [0.15, 0.2) is 11.5 Å². The van der Waals surface area contributed by atoms with Crippen molar-refractivity contribution in [3.05, 3.63) is 70.9 Å². The predicted octanol–water partition coefficient (Wildman–Crippen LogP) is 2.38. The SMILES string of the molecule is Cc1nn(C)c2c1[C@@H](c1ccc3c(c1)OCCO3)[C@H](NC(=O)c1ccccc1)C(=O)N2. The minimum Gasteiger partial charge on any atom is -0.486 e. The fourth-order valence-electron chi connectivity index (χ4n) is 4.28. The molecule has 2 aliphatic heterocycles. The van der Waals surface area contributed by atoms with Gasteiger partial charge in [-0.1, -0.05) is 24.3 Å². The molecule has 0 unspecified atom stereocenters. The number of carbonyl (C=O) groups excluding carboxylic acids is 2. The molecule has 158 valence electrons. The molecule has 1 aromatic heterocycles. The molecule has 0 radical (unpaired) electrons. The lowest BCUT2D eigenvalue weighted by atomic mass is 9.81. The van der Waals surface area contributed by atoms with Gasteiger partial charge in [0, 0.05) is 24.1 Å². The molecule has 31 heavy (non-hydrogen) atoms. The molecule has 2 aliphatic rings. The van der Waals surface area contributed by atoms with E-state index < -0.39 is 12.0 Å². The van der Waals surface area contributed by atoms with Crippen LogP contribution in [0.15, 0.2) is 48.5 Å². The molecule has 3 heterocycles. The van der Waals surface area contributed by atoms with Gasteiger partial charge in [-0.25, -0.2) is 0 Å². The van der Waals surface area contributed by atoms with Crippen LogP contribution < -0.4 is 20.1 Å². The second-order valence-electron chi connectivity index (χ2n) is 7.66. The summed E-state index contributed by atoms with van der Waals surface area (Å²) >= 11 is 0. The number of nitrogens with zero attached hydrogens (tertiary/aromatic N) is 2. The summed E-state index contributed by atoms with van der Waals surface area (Å²) in [5.74, 6) is 0.899. The van der Waals surface area contributed by atoms with Gasteiger partial charge < -0.3 is 20.1 Å². The summed E-state index contributed by atoms with van der Waals surface area (Å²) in [6.45, 7) is 2.87. The van der Waals surface area contributed by atoms with Crippen LogP contribution in [0.25, 0.3) is 0 Å². The van der Waals surface area contributed by atoms with Crippen molar-refractivity contribution in [1.82, 2.24) is 15.1 Å². The van der Waals surface area contributed by atoms with Crippen LogP contribution in [0.2, 0.25) is 0 Å². The Labute approximate surface area is 179 Å². The van der Waals surface area contributed by atoms with Crippen LogP contribution in [0.5, 0.6) is 11.5 Å². The highest BCUT2D eigenvalue weighted by atomic mass is 16.6. The van der Waals surface area contributed by atoms with Crippen LogP contribution in [-0.2, 0) is 11.8 Å². The van der Waals surface area contributed by atoms with E-state index in [0.717, 1.165) is 16.8 Å². The fraction of sp³-hybridized carbons (Fsp3) is 0.261. The molecule has 8 nitrogen and oxygen atoms in total. The zero-order valence-corrected chi connectivity index (χ0v) is 17.2. The van der Waals surface area contributed by atoms with Crippen LogP contribution >= 0.6 is 0 Å². The standard InChI is InChI=1S/C23H22N4O4/c1-13-18-19(15-8-9-16-17(12-15)31-11-10-30-16)20(23(29)25-21(18)27(2)26-13)24-22(28)14-6-4-3-5-7-14/h3-9,12,19-20H,10-11H2,1-2H3,(H,24,28)(H,25,29)/t19-,20+/m1/s1. The molecule has 5 rings (SSSR count). The van der Waals surface area contributed by atoms with Gasteiger partial charge in [-0.2, -0.15) is 5.10 Å². The van der Waals surface area contributed by atoms with E-state index in [4.69, 9.17) is 9.47 Å². The van der Waals surface area contributed by atoms with Gasteiger partial charge in [0.2, 0.25) is 5.91 Å². The Bertz CT molecular complexity index is 1170. The Balaban J connectivity index is 1.60. The van der Waals surface area contributed by atoms with Crippen LogP contribution in [0.4, 0.5) is 5.82 Å². The van der Waals surface area contributed by atoms with Crippen molar-refractivity contribution >= 4 is 17.6 Å². The third kappa shape index (κ3) is 3.30. The van der Waals surface area contributed by atoms with Crippen molar-refractivity contribution in [3.8, 4) is 11.5 Å². The van der Waals surface area contributed by atoms with Gasteiger partial charge in [0.25, 0.3) is 5.91 Å². The van der Waals surface area contributed by atoms with Crippen molar-refractivity contribution in [2.24, 2.45) is 7.05 Å². The number of hydrogen-bond donors (Lipinski definition) is 2. The number of fused-ring (bicyclic) bond motifs is 2. The number of carbonyl (C=O) groups is 2. The van der Waals surface area contributed by atoms with Crippen molar-refractivity contribution in [2.45, 2.75) is 18.9 Å². The third-order valence-electron chi connectivity index (χ3n) is 5.68. The monoisotopic (exact) mass is 418 g/mol. The molecule has 0 saturated heterocycles. The van der Waals surface area contributed by atoms with Gasteiger partial charge in [-0.05, 0) is 36.8 Å². The van der Waals surface area contributed by atoms with E-state index in [1.165, 1.54) is 0 Å². The number of rotatable bonds is 3. The number of aromatic nitrogens is 2. The molecule has 2 N–H and O–H groups in total. The van der Waals surface area contributed by atoms with Crippen LogP contribution in [0, 0.1) is 6.92 Å². The third-order valence-corrected chi connectivity index (χ3v) is 5.68. The van der Waals surface area contributed by atoms with Crippen LogP contribution in [0.3, 0.4) is 0 Å². The predicted molar refractivity (Wildman–Crippen MR) is 114 cm³/mol. The van der Waals surface area contributed by atoms with Crippen molar-refractivity contribution in [1.29, 1.82) is 0 Å². The zero-order valence-electron chi connectivity index (χ0n) is 17.2. The minimum atomic E-state index is -0.814. The van der Waals surface area contributed by atoms with Gasteiger partial charge >= 0.3 is 0 Å². The molecule has 2 amide bonds. The number of ether oxygens (including phenoxy) is 2. The second kappa shape index (κ2) is 7.46. The Morgan fingerprint density at radius 2 is 1.87 bits per heavy atom. The van der Waals surface area contributed by atoms with Gasteiger partial charge in [0.05, 0.1) is 5.69 Å². The highest BCUT2D eigenvalue weighted by Crippen LogP contribution is 2.42. The maximum absolute atomic E-state index is 13.1. The average molecular weight is 418 g/mol. The van der Waals surface area contributed by atoms with Gasteiger partial charge in [0.1, 0.15) is 25.1 Å². The molecule has 0 fully saturated rings. The number of anilines is 1. The lowest BCUT2D eigenvalue weighted by molar-refractivity contribution is -0.118. The van der Waals surface area contributed by atoms with Gasteiger partial charge in [-0.15, -0.1) is 0 Å². The molecule has 8 heteroatoms. The first-order chi connectivity index (χ1) is 15.0. The largest absolute Gasteiger partial charge is 0.486 e. The molecule has 2 aromatic carbocycles. The molecule has 0 aliphatic carbocycles. The highest BCUT2D eigenvalue weighted by Gasteiger charge is 2.41. The first-order valence-corrected chi connectivity index (χ1v) is 10.1. The highest BCUT2D eigenvalue weighted by molar-refractivity contribution is 6.03. The smallest absolute Gasteiger partial charge is 0.251 e. The van der Waals surface area contributed by atoms with E-state index >= 15 is 0 Å². The molecule has 0 bridgehead atoms. The zero-order chi connectivity index (χ0) is 21.5. The first kappa shape index (κ1) is 19.2. The average Bonchev–Trinajstić information content (AvgIpc) is 3.07. The number of aryl methyl sites for hydroxylation is 2. The van der Waals surface area contributed by atoms with E-state index in [0.29, 0.717) is 36.1 Å². The summed E-state index contributed by atoms with van der Waals surface area (Å²) in [5, 5.41) is 10.3. The van der Waals surface area contributed by atoms with Crippen molar-refractivity contribution in [3.63, 3.8) is 0 Å². The molecule has 3 aromatic rings. The number of hydrogen-bond acceptors (Lipinski definition) is 5. The lowest BCUT2D eigenvalue weighted by Gasteiger charge is -2.33. The van der Waals surface area contributed by atoms with E-state index in [2.05, 4.69) is 15.7 Å². The molecule has 0 saturated carbocycles. The summed E-state index contributed by atoms with van der Waals surface area (Å²) in [7, 11) is 1.79. The summed E-state index contributed by atoms with van der Waals surface area (Å²) in [6, 6.07) is 13.7. The van der Waals surface area contributed by atoms with Gasteiger partial charge in [-0.3, -0.25) is 14.3 Å². The van der Waals surface area contributed by atoms with Crippen LogP contribution in [0.1, 0.15) is 33.1 Å². The van der Waals surface area contributed by atoms with E-state index in [1.807, 2.05) is 31.2 Å². The Hall–Kier alpha value is -3.81. The summed E-state index contributed by atoms with van der Waals surface area (Å²) in [6.07, 6.45) is 0. The maximum atomic E-state index is 13.1. The van der Waals surface area contributed by atoms with Crippen molar-refractivity contribution in [2.75, 3.05) is 18.5 Å². The summed E-state index contributed by atoms with van der Waals surface area (Å²) in [5.41, 5.74) is 2.99. The van der Waals surface area contributed by atoms with E-state index in [1.54, 1.807) is 36.0 Å². The number of benzene rings is 2. The lowest BCUT2D eigenvalue weighted by Crippen LogP contribution is -2.50. The second-order valence-corrected chi connectivity index (χ2v) is 7.66. The minimum absolute atomic E-state index is 0.292. The van der Waals surface area contributed by atoms with E-state index in [-0.39, 0.29) is 11.8 Å². The van der Waals surface area contributed by atoms with E-state index in [9.17, 15) is 9.59 Å². The quantitative estimate of drug-likeness (QED) is 0.681. The molecule has 2 atom stereocenters. The summed E-state index contributed by atoms with van der Waals surface area (Å²) in [4.78, 5) is 26.0. The molecular weight excluding hydrogens is 396 g/mol. The molecule has 0 spiro atoms. The Morgan fingerprint density at radius 1 is 1.13 bits per heavy atom. The maximum Gasteiger partial charge on any atom is 0.251 e. The fourth-order valence-corrected chi connectivity index (χ4v) is 4.28. The number of amides is 2. The topological polar surface area (TPSA) is 94.5 Å². The normalized spacial score (nSPS) is 19.4.